The van der Waals surface area contributed by atoms with Crippen molar-refractivity contribution in [2.45, 2.75) is 62.9 Å². The number of rotatable bonds is 2. The van der Waals surface area contributed by atoms with E-state index in [2.05, 4.69) is 10.6 Å². The van der Waals surface area contributed by atoms with Crippen LogP contribution in [0, 0.1) is 17.8 Å². The van der Waals surface area contributed by atoms with Crippen LogP contribution < -0.4 is 10.6 Å². The molecule has 6 heteroatoms. The van der Waals surface area contributed by atoms with Gasteiger partial charge in [-0.1, -0.05) is 0 Å². The van der Waals surface area contributed by atoms with E-state index in [1.807, 2.05) is 0 Å². The zero-order chi connectivity index (χ0) is 16.7. The minimum absolute atomic E-state index is 0.00605. The lowest BCUT2D eigenvalue weighted by Crippen LogP contribution is -2.62. The normalized spacial score (nSPS) is 38.0. The van der Waals surface area contributed by atoms with Crippen LogP contribution in [0.1, 0.15) is 51.4 Å². The summed E-state index contributed by atoms with van der Waals surface area (Å²) in [6.07, 6.45) is 8.99. The molecule has 134 valence electrons. The number of piperidine rings is 1. The standard InChI is InChI=1S/C18H29N3O3/c1-24-17(23)21-4-2-15(3-5-21)19-16(22)20-18-9-12-6-13(10-18)8-14(7-12)11-18/h12-15H,2-11H2,1H3,(H2,19,20,22). The molecule has 6 nitrogen and oxygen atoms in total. The van der Waals surface area contributed by atoms with Crippen LogP contribution in [-0.2, 0) is 4.74 Å². The molecule has 2 N–H and O–H groups in total. The number of urea groups is 1. The fraction of sp³-hybridized carbons (Fsp3) is 0.889. The highest BCUT2D eigenvalue weighted by Crippen LogP contribution is 2.55. The maximum atomic E-state index is 12.5. The van der Waals surface area contributed by atoms with Gasteiger partial charge < -0.3 is 20.3 Å². The van der Waals surface area contributed by atoms with Gasteiger partial charge in [0.1, 0.15) is 0 Å². The highest BCUT2D eigenvalue weighted by atomic mass is 16.5. The van der Waals surface area contributed by atoms with E-state index in [0.717, 1.165) is 30.6 Å². The van der Waals surface area contributed by atoms with Gasteiger partial charge in [-0.2, -0.15) is 0 Å². The molecule has 0 radical (unpaired) electrons. The maximum absolute atomic E-state index is 12.5. The molecule has 5 fully saturated rings. The Bertz CT molecular complexity index is 478. The van der Waals surface area contributed by atoms with Crippen molar-refractivity contribution in [3.8, 4) is 0 Å². The van der Waals surface area contributed by atoms with E-state index in [4.69, 9.17) is 4.74 Å². The molecule has 0 spiro atoms. The van der Waals surface area contributed by atoms with Gasteiger partial charge in [-0.3, -0.25) is 0 Å². The van der Waals surface area contributed by atoms with Crippen LogP contribution in [0.2, 0.25) is 0 Å². The lowest BCUT2D eigenvalue weighted by Gasteiger charge is -2.56. The monoisotopic (exact) mass is 335 g/mol. The van der Waals surface area contributed by atoms with Gasteiger partial charge in [0.05, 0.1) is 7.11 Å². The van der Waals surface area contributed by atoms with Crippen molar-refractivity contribution in [1.82, 2.24) is 15.5 Å². The highest BCUT2D eigenvalue weighted by Gasteiger charge is 2.51. The summed E-state index contributed by atoms with van der Waals surface area (Å²) in [5, 5.41) is 6.50. The number of carbonyl (C=O) groups is 2. The number of ether oxygens (including phenoxy) is 1. The molecular weight excluding hydrogens is 306 g/mol. The van der Waals surface area contributed by atoms with Gasteiger partial charge in [0, 0.05) is 24.7 Å². The molecular formula is C18H29N3O3. The zero-order valence-electron chi connectivity index (χ0n) is 14.6. The molecule has 0 unspecified atom stereocenters. The van der Waals surface area contributed by atoms with Crippen molar-refractivity contribution >= 4 is 12.1 Å². The molecule has 5 aliphatic rings. The summed E-state index contributed by atoms with van der Waals surface area (Å²) >= 11 is 0. The van der Waals surface area contributed by atoms with Gasteiger partial charge in [-0.25, -0.2) is 9.59 Å². The summed E-state index contributed by atoms with van der Waals surface area (Å²) in [6.45, 7) is 1.30. The van der Waals surface area contributed by atoms with E-state index in [1.165, 1.54) is 45.6 Å². The van der Waals surface area contributed by atoms with Crippen molar-refractivity contribution in [3.05, 3.63) is 0 Å². The number of amides is 3. The van der Waals surface area contributed by atoms with Crippen molar-refractivity contribution in [3.63, 3.8) is 0 Å². The molecule has 5 rings (SSSR count). The number of hydrogen-bond acceptors (Lipinski definition) is 3. The second kappa shape index (κ2) is 6.12. The first-order chi connectivity index (χ1) is 11.5. The Morgan fingerprint density at radius 3 is 2.04 bits per heavy atom. The van der Waals surface area contributed by atoms with Crippen molar-refractivity contribution in [2.75, 3.05) is 20.2 Å². The molecule has 4 saturated carbocycles. The van der Waals surface area contributed by atoms with E-state index >= 15 is 0 Å². The zero-order valence-corrected chi connectivity index (χ0v) is 14.6. The number of nitrogens with one attached hydrogen (secondary N) is 2. The quantitative estimate of drug-likeness (QED) is 0.814. The van der Waals surface area contributed by atoms with Gasteiger partial charge in [-0.05, 0) is 69.1 Å². The van der Waals surface area contributed by atoms with Crippen LogP contribution in [0.5, 0.6) is 0 Å². The number of hydrogen-bond donors (Lipinski definition) is 2. The summed E-state index contributed by atoms with van der Waals surface area (Å²) in [4.78, 5) is 25.8. The minimum Gasteiger partial charge on any atom is -0.453 e. The second-order valence-corrected chi connectivity index (χ2v) is 8.53. The van der Waals surface area contributed by atoms with Crippen molar-refractivity contribution < 1.29 is 14.3 Å². The maximum Gasteiger partial charge on any atom is 0.409 e. The van der Waals surface area contributed by atoms with Crippen LogP contribution in [0.3, 0.4) is 0 Å². The van der Waals surface area contributed by atoms with Gasteiger partial charge in [0.2, 0.25) is 0 Å². The predicted molar refractivity (Wildman–Crippen MR) is 89.6 cm³/mol. The number of carbonyl (C=O) groups excluding carboxylic acids is 2. The van der Waals surface area contributed by atoms with E-state index in [1.54, 1.807) is 4.90 Å². The first-order valence-corrected chi connectivity index (χ1v) is 9.47. The molecule has 0 aromatic carbocycles. The fourth-order valence-electron chi connectivity index (χ4n) is 6.06. The molecule has 4 aliphatic carbocycles. The number of methoxy groups -OCH3 is 1. The van der Waals surface area contributed by atoms with Crippen LogP contribution in [0.15, 0.2) is 0 Å². The molecule has 1 aliphatic heterocycles. The minimum atomic E-state index is -0.272. The predicted octanol–water partition coefficient (Wildman–Crippen LogP) is 2.49. The lowest BCUT2D eigenvalue weighted by molar-refractivity contribution is -0.0137. The third-order valence-corrected chi connectivity index (χ3v) is 6.68. The molecule has 3 amide bonds. The summed E-state index contributed by atoms with van der Waals surface area (Å²) in [5.74, 6) is 2.50. The average Bonchev–Trinajstić information content (AvgIpc) is 2.53. The molecule has 4 bridgehead atoms. The Balaban J connectivity index is 1.28. The van der Waals surface area contributed by atoms with E-state index in [-0.39, 0.29) is 23.7 Å². The molecule has 24 heavy (non-hydrogen) atoms. The third kappa shape index (κ3) is 3.07. The summed E-state index contributed by atoms with van der Waals surface area (Å²) in [5.41, 5.74) is 0.0611. The Morgan fingerprint density at radius 2 is 1.54 bits per heavy atom. The van der Waals surface area contributed by atoms with Crippen molar-refractivity contribution in [2.24, 2.45) is 17.8 Å². The smallest absolute Gasteiger partial charge is 0.409 e. The number of likely N-dealkylation sites (tertiary alicyclic amines) is 1. The lowest BCUT2D eigenvalue weighted by atomic mass is 9.53. The van der Waals surface area contributed by atoms with Crippen LogP contribution in [0.4, 0.5) is 9.59 Å². The first kappa shape index (κ1) is 16.0. The van der Waals surface area contributed by atoms with Gasteiger partial charge in [0.15, 0.2) is 0 Å². The summed E-state index contributed by atoms with van der Waals surface area (Å²) < 4.78 is 4.75. The van der Waals surface area contributed by atoms with Crippen LogP contribution in [0.25, 0.3) is 0 Å². The summed E-state index contributed by atoms with van der Waals surface area (Å²) in [7, 11) is 1.41. The Labute approximate surface area is 143 Å². The second-order valence-electron chi connectivity index (χ2n) is 8.53. The molecule has 0 atom stereocenters. The van der Waals surface area contributed by atoms with Gasteiger partial charge >= 0.3 is 12.1 Å². The average molecular weight is 335 g/mol. The van der Waals surface area contributed by atoms with Crippen molar-refractivity contribution in [1.29, 1.82) is 0 Å². The van der Waals surface area contributed by atoms with E-state index < -0.39 is 0 Å². The number of nitrogens with zero attached hydrogens (tertiary/aromatic N) is 1. The van der Waals surface area contributed by atoms with E-state index in [9.17, 15) is 9.59 Å². The van der Waals surface area contributed by atoms with Crippen LogP contribution in [-0.4, -0.2) is 48.8 Å². The molecule has 1 heterocycles. The Hall–Kier alpha value is -1.46. The fourth-order valence-corrected chi connectivity index (χ4v) is 6.06. The SMILES string of the molecule is COC(=O)N1CCC(NC(=O)NC23CC4CC(CC(C4)C2)C3)CC1. The first-order valence-electron chi connectivity index (χ1n) is 9.47. The van der Waals surface area contributed by atoms with E-state index in [0.29, 0.717) is 13.1 Å². The third-order valence-electron chi connectivity index (χ3n) is 6.68. The van der Waals surface area contributed by atoms with Gasteiger partial charge in [-0.15, -0.1) is 0 Å². The molecule has 0 aromatic heterocycles. The van der Waals surface area contributed by atoms with Gasteiger partial charge in [0.25, 0.3) is 0 Å². The molecule has 1 saturated heterocycles. The Kier molecular flexibility index (Phi) is 4.09. The molecule has 0 aromatic rings. The topological polar surface area (TPSA) is 70.7 Å². The highest BCUT2D eigenvalue weighted by molar-refractivity contribution is 5.75. The van der Waals surface area contributed by atoms with Crippen LogP contribution >= 0.6 is 0 Å². The Morgan fingerprint density at radius 1 is 1.00 bits per heavy atom. The largest absolute Gasteiger partial charge is 0.453 e. The summed E-state index contributed by atoms with van der Waals surface area (Å²) in [6, 6.07) is 0.147.